The lowest BCUT2D eigenvalue weighted by Crippen LogP contribution is -2.32. The van der Waals surface area contributed by atoms with E-state index in [2.05, 4.69) is 10.1 Å². The Labute approximate surface area is 221 Å². The summed E-state index contributed by atoms with van der Waals surface area (Å²) in [7, 11) is 0. The quantitative estimate of drug-likeness (QED) is 0.296. The van der Waals surface area contributed by atoms with Crippen LogP contribution in [0.25, 0.3) is 11.1 Å². The van der Waals surface area contributed by atoms with E-state index in [1.165, 1.54) is 36.4 Å². The standard InChI is InChI=1S/C29H20ClF3N2O3/c30-24-17-19(34-27(36)23-10-4-6-12-26(23)38-29(31,32)33)13-14-22(24)28(37)35-16-15-18-7-1-2-8-20(18)21-9-3-5-11-25(21)35/h1-14,17H,15-16H2,(H,34,36). The van der Waals surface area contributed by atoms with E-state index in [-0.39, 0.29) is 27.7 Å². The maximum Gasteiger partial charge on any atom is 0.573 e. The average Bonchev–Trinajstić information content (AvgIpc) is 3.05. The van der Waals surface area contributed by atoms with Gasteiger partial charge in [0.1, 0.15) is 5.75 Å². The zero-order valence-corrected chi connectivity index (χ0v) is 20.5. The number of nitrogens with zero attached hydrogens (tertiary/aromatic N) is 1. The Morgan fingerprint density at radius 1 is 0.842 bits per heavy atom. The van der Waals surface area contributed by atoms with Gasteiger partial charge in [-0.25, -0.2) is 0 Å². The number of anilines is 2. The van der Waals surface area contributed by atoms with Gasteiger partial charge in [0.25, 0.3) is 11.8 Å². The van der Waals surface area contributed by atoms with Gasteiger partial charge in [0.2, 0.25) is 0 Å². The normalized spacial score (nSPS) is 12.7. The number of carbonyl (C=O) groups is 2. The molecule has 0 unspecified atom stereocenters. The summed E-state index contributed by atoms with van der Waals surface area (Å²) in [6.07, 6.45) is -4.29. The minimum Gasteiger partial charge on any atom is -0.405 e. The largest absolute Gasteiger partial charge is 0.573 e. The molecule has 0 spiro atoms. The lowest BCUT2D eigenvalue weighted by molar-refractivity contribution is -0.274. The Bertz CT molecular complexity index is 1540. The molecular weight excluding hydrogens is 517 g/mol. The summed E-state index contributed by atoms with van der Waals surface area (Å²) in [5, 5.41) is 2.60. The zero-order valence-electron chi connectivity index (χ0n) is 19.8. The molecule has 38 heavy (non-hydrogen) atoms. The van der Waals surface area contributed by atoms with Gasteiger partial charge in [-0.3, -0.25) is 9.59 Å². The second kappa shape index (κ2) is 10.2. The van der Waals surface area contributed by atoms with Crippen LogP contribution in [0, 0.1) is 0 Å². The van der Waals surface area contributed by atoms with Gasteiger partial charge in [-0.2, -0.15) is 0 Å². The summed E-state index contributed by atoms with van der Waals surface area (Å²) in [5.74, 6) is -1.76. The number of carbonyl (C=O) groups excluding carboxylic acids is 2. The predicted octanol–water partition coefficient (Wildman–Crippen LogP) is 7.36. The molecule has 2 amide bonds. The van der Waals surface area contributed by atoms with Crippen molar-refractivity contribution in [3.8, 4) is 16.9 Å². The Morgan fingerprint density at radius 2 is 1.53 bits per heavy atom. The van der Waals surface area contributed by atoms with E-state index < -0.39 is 18.0 Å². The van der Waals surface area contributed by atoms with Gasteiger partial charge in [-0.1, -0.05) is 66.2 Å². The van der Waals surface area contributed by atoms with Gasteiger partial charge in [0.05, 0.1) is 21.8 Å². The fraction of sp³-hybridized carbons (Fsp3) is 0.103. The van der Waals surface area contributed by atoms with Crippen LogP contribution in [0.3, 0.4) is 0 Å². The smallest absolute Gasteiger partial charge is 0.405 e. The first-order valence-electron chi connectivity index (χ1n) is 11.7. The first-order valence-corrected chi connectivity index (χ1v) is 12.0. The lowest BCUT2D eigenvalue weighted by Gasteiger charge is -2.23. The SMILES string of the molecule is O=C(Nc1ccc(C(=O)N2CCc3ccccc3-c3ccccc32)c(Cl)c1)c1ccccc1OC(F)(F)F. The minimum atomic E-state index is -4.95. The van der Waals surface area contributed by atoms with Crippen LogP contribution in [-0.2, 0) is 6.42 Å². The van der Waals surface area contributed by atoms with Gasteiger partial charge in [-0.15, -0.1) is 13.2 Å². The van der Waals surface area contributed by atoms with Crippen molar-refractivity contribution in [1.29, 1.82) is 0 Å². The molecule has 0 saturated heterocycles. The van der Waals surface area contributed by atoms with Crippen LogP contribution < -0.4 is 15.0 Å². The number of halogens is 4. The molecule has 0 radical (unpaired) electrons. The lowest BCUT2D eigenvalue weighted by atomic mass is 9.98. The van der Waals surface area contributed by atoms with Crippen molar-refractivity contribution in [3.63, 3.8) is 0 Å². The highest BCUT2D eigenvalue weighted by atomic mass is 35.5. The summed E-state index contributed by atoms with van der Waals surface area (Å²) in [6, 6.07) is 25.0. The molecule has 9 heteroatoms. The monoisotopic (exact) mass is 536 g/mol. The van der Waals surface area contributed by atoms with Gasteiger partial charge in [-0.05, 0) is 53.9 Å². The number of nitrogens with one attached hydrogen (secondary N) is 1. The molecule has 0 fully saturated rings. The van der Waals surface area contributed by atoms with Gasteiger partial charge >= 0.3 is 6.36 Å². The van der Waals surface area contributed by atoms with Gasteiger partial charge in [0.15, 0.2) is 0 Å². The molecule has 0 aromatic heterocycles. The topological polar surface area (TPSA) is 58.6 Å². The van der Waals surface area contributed by atoms with E-state index in [0.29, 0.717) is 13.0 Å². The first kappa shape index (κ1) is 25.4. The van der Waals surface area contributed by atoms with Crippen LogP contribution in [0.5, 0.6) is 5.75 Å². The highest BCUT2D eigenvalue weighted by Crippen LogP contribution is 2.37. The van der Waals surface area contributed by atoms with Crippen molar-refractivity contribution in [3.05, 3.63) is 113 Å². The number of amides is 2. The van der Waals surface area contributed by atoms with Crippen molar-refractivity contribution in [2.24, 2.45) is 0 Å². The van der Waals surface area contributed by atoms with E-state index in [1.807, 2.05) is 48.5 Å². The van der Waals surface area contributed by atoms with Crippen LogP contribution >= 0.6 is 11.6 Å². The summed E-state index contributed by atoms with van der Waals surface area (Å²) in [5.41, 5.74) is 4.03. The third-order valence-electron chi connectivity index (χ3n) is 6.17. The number of benzene rings is 4. The van der Waals surface area contributed by atoms with Gasteiger partial charge < -0.3 is 15.0 Å². The Balaban J connectivity index is 1.39. The van der Waals surface area contributed by atoms with Crippen molar-refractivity contribution in [1.82, 2.24) is 0 Å². The Hall–Kier alpha value is -4.30. The van der Waals surface area contributed by atoms with Crippen molar-refractivity contribution >= 4 is 34.8 Å². The first-order chi connectivity index (χ1) is 18.2. The number of hydrogen-bond donors (Lipinski definition) is 1. The van der Waals surface area contributed by atoms with Crippen molar-refractivity contribution < 1.29 is 27.5 Å². The molecule has 0 aliphatic carbocycles. The number of para-hydroxylation sites is 2. The molecule has 192 valence electrons. The minimum absolute atomic E-state index is 0.0897. The van der Waals surface area contributed by atoms with E-state index in [0.717, 1.165) is 28.4 Å². The second-order valence-corrected chi connectivity index (χ2v) is 8.98. The average molecular weight is 537 g/mol. The maximum atomic E-state index is 13.7. The number of alkyl halides is 3. The summed E-state index contributed by atoms with van der Waals surface area (Å²) in [6.45, 7) is 0.442. The number of fused-ring (bicyclic) bond motifs is 3. The molecular formula is C29H20ClF3N2O3. The van der Waals surface area contributed by atoms with Crippen LogP contribution in [-0.4, -0.2) is 24.7 Å². The Kier molecular flexibility index (Phi) is 6.82. The summed E-state index contributed by atoms with van der Waals surface area (Å²) >= 11 is 6.48. The molecule has 4 aromatic carbocycles. The molecule has 1 aliphatic heterocycles. The van der Waals surface area contributed by atoms with Crippen LogP contribution in [0.1, 0.15) is 26.3 Å². The molecule has 1 heterocycles. The highest BCUT2D eigenvalue weighted by Gasteiger charge is 2.33. The van der Waals surface area contributed by atoms with Crippen LogP contribution in [0.4, 0.5) is 24.5 Å². The van der Waals surface area contributed by atoms with E-state index in [1.54, 1.807) is 4.90 Å². The predicted molar refractivity (Wildman–Crippen MR) is 140 cm³/mol. The maximum absolute atomic E-state index is 13.7. The molecule has 0 saturated carbocycles. The molecule has 0 atom stereocenters. The van der Waals surface area contributed by atoms with Crippen LogP contribution in [0.2, 0.25) is 5.02 Å². The third-order valence-corrected chi connectivity index (χ3v) is 6.48. The van der Waals surface area contributed by atoms with Crippen LogP contribution in [0.15, 0.2) is 91.0 Å². The molecule has 1 aliphatic rings. The fourth-order valence-electron chi connectivity index (χ4n) is 4.48. The van der Waals surface area contributed by atoms with E-state index in [9.17, 15) is 22.8 Å². The molecule has 0 bridgehead atoms. The number of ether oxygens (including phenoxy) is 1. The molecule has 5 rings (SSSR count). The van der Waals surface area contributed by atoms with Gasteiger partial charge in [0, 0.05) is 17.8 Å². The van der Waals surface area contributed by atoms with E-state index >= 15 is 0 Å². The summed E-state index contributed by atoms with van der Waals surface area (Å²) in [4.78, 5) is 28.0. The van der Waals surface area contributed by atoms with Crippen molar-refractivity contribution in [2.75, 3.05) is 16.8 Å². The summed E-state index contributed by atoms with van der Waals surface area (Å²) < 4.78 is 42.1. The molecule has 5 nitrogen and oxygen atoms in total. The number of rotatable bonds is 4. The second-order valence-electron chi connectivity index (χ2n) is 8.57. The molecule has 4 aromatic rings. The fourth-order valence-corrected chi connectivity index (χ4v) is 4.74. The Morgan fingerprint density at radius 3 is 2.29 bits per heavy atom. The third kappa shape index (κ3) is 5.21. The number of hydrogen-bond acceptors (Lipinski definition) is 3. The van der Waals surface area contributed by atoms with E-state index in [4.69, 9.17) is 11.6 Å². The zero-order chi connectivity index (χ0) is 26.9. The molecule has 1 N–H and O–H groups in total. The highest BCUT2D eigenvalue weighted by molar-refractivity contribution is 6.35. The van der Waals surface area contributed by atoms with Crippen molar-refractivity contribution in [2.45, 2.75) is 12.8 Å².